The Morgan fingerprint density at radius 1 is 1.24 bits per heavy atom. The van der Waals surface area contributed by atoms with E-state index < -0.39 is 0 Å². The number of nitro benzene ring substituents is 1. The van der Waals surface area contributed by atoms with Gasteiger partial charge < -0.3 is 5.32 Å². The van der Waals surface area contributed by atoms with E-state index in [9.17, 15) is 10.1 Å². The first-order chi connectivity index (χ1) is 10.1. The number of nitrogens with zero attached hydrogens (tertiary/aromatic N) is 1. The SMILES string of the molecule is CCC(NCc1ccc([N+](=O)[O-])cc1Br)c1ccccc1. The van der Waals surface area contributed by atoms with Crippen LogP contribution in [0.2, 0.25) is 0 Å². The third kappa shape index (κ3) is 4.12. The first-order valence-corrected chi connectivity index (χ1v) is 7.62. The summed E-state index contributed by atoms with van der Waals surface area (Å²) in [6.45, 7) is 2.79. The van der Waals surface area contributed by atoms with Crippen LogP contribution < -0.4 is 5.32 Å². The van der Waals surface area contributed by atoms with E-state index >= 15 is 0 Å². The molecular weight excluding hydrogens is 332 g/mol. The van der Waals surface area contributed by atoms with Gasteiger partial charge in [0.2, 0.25) is 0 Å². The summed E-state index contributed by atoms with van der Waals surface area (Å²) in [5.74, 6) is 0. The van der Waals surface area contributed by atoms with Crippen LogP contribution in [0.3, 0.4) is 0 Å². The normalized spacial score (nSPS) is 12.1. The lowest BCUT2D eigenvalue weighted by molar-refractivity contribution is -0.384. The lowest BCUT2D eigenvalue weighted by Crippen LogP contribution is -2.20. The summed E-state index contributed by atoms with van der Waals surface area (Å²) in [5, 5.41) is 14.2. The van der Waals surface area contributed by atoms with Gasteiger partial charge in [-0.15, -0.1) is 0 Å². The Morgan fingerprint density at radius 2 is 1.95 bits per heavy atom. The zero-order valence-corrected chi connectivity index (χ0v) is 13.3. The molecule has 110 valence electrons. The second-order valence-electron chi connectivity index (χ2n) is 4.79. The van der Waals surface area contributed by atoms with Gasteiger partial charge in [0.1, 0.15) is 0 Å². The van der Waals surface area contributed by atoms with E-state index in [1.54, 1.807) is 12.1 Å². The maximum absolute atomic E-state index is 10.7. The second-order valence-corrected chi connectivity index (χ2v) is 5.64. The van der Waals surface area contributed by atoms with Crippen LogP contribution in [-0.2, 0) is 6.54 Å². The Bertz CT molecular complexity index is 617. The summed E-state index contributed by atoms with van der Waals surface area (Å²) in [4.78, 5) is 10.3. The number of hydrogen-bond donors (Lipinski definition) is 1. The van der Waals surface area contributed by atoms with Gasteiger partial charge in [0, 0.05) is 29.2 Å². The molecule has 21 heavy (non-hydrogen) atoms. The maximum atomic E-state index is 10.7. The van der Waals surface area contributed by atoms with Crippen molar-refractivity contribution in [1.82, 2.24) is 5.32 Å². The fraction of sp³-hybridized carbons (Fsp3) is 0.250. The van der Waals surface area contributed by atoms with Crippen LogP contribution >= 0.6 is 15.9 Å². The molecule has 0 saturated heterocycles. The van der Waals surface area contributed by atoms with Crippen molar-refractivity contribution in [3.05, 3.63) is 74.2 Å². The van der Waals surface area contributed by atoms with Crippen molar-refractivity contribution in [2.75, 3.05) is 0 Å². The highest BCUT2D eigenvalue weighted by atomic mass is 79.9. The summed E-state index contributed by atoms with van der Waals surface area (Å²) in [5.41, 5.74) is 2.36. The average molecular weight is 349 g/mol. The fourth-order valence-corrected chi connectivity index (χ4v) is 2.72. The van der Waals surface area contributed by atoms with Crippen LogP contribution in [0.25, 0.3) is 0 Å². The van der Waals surface area contributed by atoms with Crippen molar-refractivity contribution in [3.63, 3.8) is 0 Å². The molecule has 2 rings (SSSR count). The summed E-state index contributed by atoms with van der Waals surface area (Å²) >= 11 is 3.40. The lowest BCUT2D eigenvalue weighted by Gasteiger charge is -2.18. The van der Waals surface area contributed by atoms with E-state index in [0.717, 1.165) is 16.5 Å². The lowest BCUT2D eigenvalue weighted by atomic mass is 10.0. The molecule has 1 N–H and O–H groups in total. The van der Waals surface area contributed by atoms with E-state index in [-0.39, 0.29) is 16.7 Å². The van der Waals surface area contributed by atoms with Crippen LogP contribution in [0.5, 0.6) is 0 Å². The summed E-state index contributed by atoms with van der Waals surface area (Å²) in [6, 6.07) is 15.4. The van der Waals surface area contributed by atoms with Gasteiger partial charge in [0.05, 0.1) is 4.92 Å². The number of nitro groups is 1. The van der Waals surface area contributed by atoms with Gasteiger partial charge in [0.25, 0.3) is 5.69 Å². The van der Waals surface area contributed by atoms with Crippen molar-refractivity contribution < 1.29 is 4.92 Å². The van der Waals surface area contributed by atoms with Gasteiger partial charge in [-0.25, -0.2) is 0 Å². The molecule has 1 unspecified atom stereocenters. The standard InChI is InChI=1S/C16H17BrN2O2/c1-2-16(12-6-4-3-5-7-12)18-11-13-8-9-14(19(20)21)10-15(13)17/h3-10,16,18H,2,11H2,1H3. The Kier molecular flexibility index (Phi) is 5.47. The van der Waals surface area contributed by atoms with E-state index in [4.69, 9.17) is 0 Å². The molecule has 0 bridgehead atoms. The molecule has 0 radical (unpaired) electrons. The van der Waals surface area contributed by atoms with Gasteiger partial charge in [-0.2, -0.15) is 0 Å². The minimum absolute atomic E-state index is 0.0979. The van der Waals surface area contributed by atoms with Gasteiger partial charge in [-0.1, -0.05) is 53.2 Å². The smallest absolute Gasteiger partial charge is 0.270 e. The molecule has 0 heterocycles. The van der Waals surface area contributed by atoms with Crippen LogP contribution in [-0.4, -0.2) is 4.92 Å². The molecule has 0 spiro atoms. The quantitative estimate of drug-likeness (QED) is 0.613. The van der Waals surface area contributed by atoms with Crippen molar-refractivity contribution in [1.29, 1.82) is 0 Å². The predicted molar refractivity (Wildman–Crippen MR) is 87.1 cm³/mol. The van der Waals surface area contributed by atoms with E-state index in [0.29, 0.717) is 6.54 Å². The third-order valence-electron chi connectivity index (χ3n) is 3.40. The molecule has 0 fully saturated rings. The first-order valence-electron chi connectivity index (χ1n) is 6.83. The van der Waals surface area contributed by atoms with Crippen molar-refractivity contribution in [2.45, 2.75) is 25.9 Å². The number of nitrogens with one attached hydrogen (secondary N) is 1. The molecule has 4 nitrogen and oxygen atoms in total. The van der Waals surface area contributed by atoms with Crippen LogP contribution in [0.1, 0.15) is 30.5 Å². The third-order valence-corrected chi connectivity index (χ3v) is 4.13. The Morgan fingerprint density at radius 3 is 2.52 bits per heavy atom. The molecule has 1 atom stereocenters. The summed E-state index contributed by atoms with van der Waals surface area (Å²) < 4.78 is 0.757. The predicted octanol–water partition coefficient (Wildman–Crippen LogP) is 4.60. The van der Waals surface area contributed by atoms with Gasteiger partial charge in [-0.3, -0.25) is 10.1 Å². The summed E-state index contributed by atoms with van der Waals surface area (Å²) in [6.07, 6.45) is 0.981. The molecule has 0 aliphatic rings. The van der Waals surface area contributed by atoms with E-state index in [1.165, 1.54) is 11.6 Å². The number of rotatable bonds is 6. The van der Waals surface area contributed by atoms with Gasteiger partial charge >= 0.3 is 0 Å². The van der Waals surface area contributed by atoms with Gasteiger partial charge in [-0.05, 0) is 23.6 Å². The van der Waals surface area contributed by atoms with Crippen molar-refractivity contribution in [2.24, 2.45) is 0 Å². The number of halogens is 1. The molecule has 0 aromatic heterocycles. The zero-order chi connectivity index (χ0) is 15.2. The Hall–Kier alpha value is -1.72. The highest BCUT2D eigenvalue weighted by Crippen LogP contribution is 2.24. The molecular formula is C16H17BrN2O2. The van der Waals surface area contributed by atoms with Gasteiger partial charge in [0.15, 0.2) is 0 Å². The second kappa shape index (κ2) is 7.33. The largest absolute Gasteiger partial charge is 0.306 e. The zero-order valence-electron chi connectivity index (χ0n) is 11.8. The molecule has 0 amide bonds. The maximum Gasteiger partial charge on any atom is 0.270 e. The number of hydrogen-bond acceptors (Lipinski definition) is 3. The Labute approximate surface area is 132 Å². The molecule has 5 heteroatoms. The average Bonchev–Trinajstić information content (AvgIpc) is 2.50. The molecule has 0 aliphatic heterocycles. The monoisotopic (exact) mass is 348 g/mol. The molecule has 0 saturated carbocycles. The van der Waals surface area contributed by atoms with Crippen molar-refractivity contribution in [3.8, 4) is 0 Å². The minimum Gasteiger partial charge on any atom is -0.306 e. The molecule has 2 aromatic rings. The van der Waals surface area contributed by atoms with Crippen molar-refractivity contribution >= 4 is 21.6 Å². The number of non-ortho nitro benzene ring substituents is 1. The van der Waals surface area contributed by atoms with Crippen LogP contribution in [0.4, 0.5) is 5.69 Å². The van der Waals surface area contributed by atoms with Crippen LogP contribution in [0, 0.1) is 10.1 Å². The molecule has 0 aliphatic carbocycles. The topological polar surface area (TPSA) is 55.2 Å². The highest BCUT2D eigenvalue weighted by molar-refractivity contribution is 9.10. The summed E-state index contributed by atoms with van der Waals surface area (Å²) in [7, 11) is 0. The molecule has 2 aromatic carbocycles. The minimum atomic E-state index is -0.388. The fourth-order valence-electron chi connectivity index (χ4n) is 2.21. The van der Waals surface area contributed by atoms with E-state index in [2.05, 4.69) is 40.3 Å². The first kappa shape index (κ1) is 15.7. The van der Waals surface area contributed by atoms with Crippen LogP contribution in [0.15, 0.2) is 53.0 Å². The Balaban J connectivity index is 2.07. The van der Waals surface area contributed by atoms with E-state index in [1.807, 2.05) is 18.2 Å². The number of benzene rings is 2. The highest BCUT2D eigenvalue weighted by Gasteiger charge is 2.12.